The molecule has 0 aliphatic carbocycles. The van der Waals surface area contributed by atoms with E-state index in [-0.39, 0.29) is 11.3 Å². The van der Waals surface area contributed by atoms with Crippen molar-refractivity contribution in [3.63, 3.8) is 0 Å². The molecule has 0 radical (unpaired) electrons. The van der Waals surface area contributed by atoms with Gasteiger partial charge in [0.15, 0.2) is 0 Å². The number of phenols is 1. The van der Waals surface area contributed by atoms with Crippen LogP contribution in [0.25, 0.3) is 0 Å². The molecule has 0 aliphatic rings. The highest BCUT2D eigenvalue weighted by Crippen LogP contribution is 2.08. The SMILES string of the molecule is C=CC(=O)O.O=C(O)c1ccc(O)cc1. The van der Waals surface area contributed by atoms with Crippen LogP contribution in [-0.2, 0) is 4.79 Å². The molecule has 5 nitrogen and oxygen atoms in total. The first-order chi connectivity index (χ1) is 6.97. The largest absolute Gasteiger partial charge is 0.508 e. The lowest BCUT2D eigenvalue weighted by atomic mass is 10.2. The average molecular weight is 210 g/mol. The summed E-state index contributed by atoms with van der Waals surface area (Å²) in [6, 6.07) is 5.36. The van der Waals surface area contributed by atoms with Gasteiger partial charge in [0, 0.05) is 6.08 Å². The third-order valence-corrected chi connectivity index (χ3v) is 1.29. The molecule has 0 aliphatic heterocycles. The molecule has 0 aromatic heterocycles. The molecule has 0 spiro atoms. The Labute approximate surface area is 85.9 Å². The fraction of sp³-hybridized carbons (Fsp3) is 0. The quantitative estimate of drug-likeness (QED) is 0.640. The number of benzene rings is 1. The lowest BCUT2D eigenvalue weighted by Gasteiger charge is -1.92. The van der Waals surface area contributed by atoms with E-state index < -0.39 is 11.9 Å². The van der Waals surface area contributed by atoms with Gasteiger partial charge in [-0.1, -0.05) is 6.58 Å². The number of carboxylic acid groups (broad SMARTS) is 2. The second-order valence-corrected chi connectivity index (χ2v) is 2.39. The summed E-state index contributed by atoms with van der Waals surface area (Å²) < 4.78 is 0. The van der Waals surface area contributed by atoms with Crippen LogP contribution in [0, 0.1) is 0 Å². The van der Waals surface area contributed by atoms with E-state index in [0.29, 0.717) is 0 Å². The van der Waals surface area contributed by atoms with Gasteiger partial charge in [0.05, 0.1) is 5.56 Å². The van der Waals surface area contributed by atoms with Crippen LogP contribution in [0.1, 0.15) is 10.4 Å². The van der Waals surface area contributed by atoms with E-state index in [1.807, 2.05) is 0 Å². The summed E-state index contributed by atoms with van der Waals surface area (Å²) >= 11 is 0. The zero-order valence-electron chi connectivity index (χ0n) is 7.75. The third-order valence-electron chi connectivity index (χ3n) is 1.29. The van der Waals surface area contributed by atoms with Crippen LogP contribution in [0.15, 0.2) is 36.9 Å². The van der Waals surface area contributed by atoms with Crippen LogP contribution in [0.3, 0.4) is 0 Å². The number of aromatic carboxylic acids is 1. The molecule has 3 N–H and O–H groups in total. The average Bonchev–Trinajstić information content (AvgIpc) is 2.19. The number of phenolic OH excluding ortho intramolecular Hbond substituents is 1. The highest BCUT2D eigenvalue weighted by atomic mass is 16.4. The topological polar surface area (TPSA) is 94.8 Å². The molecule has 0 fully saturated rings. The smallest absolute Gasteiger partial charge is 0.335 e. The van der Waals surface area contributed by atoms with E-state index in [1.54, 1.807) is 0 Å². The normalized spacial score (nSPS) is 8.27. The van der Waals surface area contributed by atoms with Gasteiger partial charge in [-0.15, -0.1) is 0 Å². The van der Waals surface area contributed by atoms with E-state index in [1.165, 1.54) is 24.3 Å². The highest BCUT2D eigenvalue weighted by molar-refractivity contribution is 5.87. The molecule has 1 rings (SSSR count). The van der Waals surface area contributed by atoms with E-state index in [9.17, 15) is 9.59 Å². The standard InChI is InChI=1S/C7H6O3.C3H4O2/c8-6-3-1-5(2-4-6)7(9)10;1-2-3(4)5/h1-4,8H,(H,9,10);2H,1H2,(H,4,5). The van der Waals surface area contributed by atoms with Crippen molar-refractivity contribution in [1.82, 2.24) is 0 Å². The van der Waals surface area contributed by atoms with Gasteiger partial charge >= 0.3 is 11.9 Å². The fourth-order valence-electron chi connectivity index (χ4n) is 0.604. The van der Waals surface area contributed by atoms with Crippen LogP contribution in [0.5, 0.6) is 5.75 Å². The Morgan fingerprint density at radius 3 is 1.80 bits per heavy atom. The van der Waals surface area contributed by atoms with Gasteiger partial charge in [0.1, 0.15) is 5.75 Å². The molecule has 5 heteroatoms. The highest BCUT2D eigenvalue weighted by Gasteiger charge is 1.99. The molecule has 0 saturated carbocycles. The minimum Gasteiger partial charge on any atom is -0.508 e. The summed E-state index contributed by atoms with van der Waals surface area (Å²) in [5.74, 6) is -1.89. The van der Waals surface area contributed by atoms with Crippen LogP contribution >= 0.6 is 0 Å². The molecular weight excluding hydrogens is 200 g/mol. The van der Waals surface area contributed by atoms with Gasteiger partial charge in [-0.3, -0.25) is 0 Å². The lowest BCUT2D eigenvalue weighted by Crippen LogP contribution is -1.93. The molecule has 0 amide bonds. The van der Waals surface area contributed by atoms with Gasteiger partial charge in [0.2, 0.25) is 0 Å². The predicted molar refractivity (Wildman–Crippen MR) is 52.9 cm³/mol. The molecule has 1 aromatic rings. The second-order valence-electron chi connectivity index (χ2n) is 2.39. The zero-order chi connectivity index (χ0) is 11.8. The summed E-state index contributed by atoms with van der Waals surface area (Å²) in [5, 5.41) is 24.7. The number of carboxylic acids is 2. The maximum atomic E-state index is 10.2. The number of aliphatic carboxylic acids is 1. The van der Waals surface area contributed by atoms with Crippen molar-refractivity contribution in [1.29, 1.82) is 0 Å². The van der Waals surface area contributed by atoms with E-state index in [2.05, 4.69) is 6.58 Å². The van der Waals surface area contributed by atoms with E-state index in [4.69, 9.17) is 15.3 Å². The van der Waals surface area contributed by atoms with Crippen LogP contribution in [-0.4, -0.2) is 27.3 Å². The molecule has 0 saturated heterocycles. The van der Waals surface area contributed by atoms with Gasteiger partial charge in [-0.25, -0.2) is 9.59 Å². The Bertz CT molecular complexity index is 353. The predicted octanol–water partition coefficient (Wildman–Crippen LogP) is 1.35. The van der Waals surface area contributed by atoms with Gasteiger partial charge < -0.3 is 15.3 Å². The molecule has 80 valence electrons. The Morgan fingerprint density at radius 2 is 1.53 bits per heavy atom. The summed E-state index contributed by atoms with van der Waals surface area (Å²) in [5.41, 5.74) is 0.179. The molecule has 15 heavy (non-hydrogen) atoms. The fourth-order valence-corrected chi connectivity index (χ4v) is 0.604. The van der Waals surface area contributed by atoms with Crippen LogP contribution in [0.4, 0.5) is 0 Å². The number of hydrogen-bond donors (Lipinski definition) is 3. The number of aromatic hydroxyl groups is 1. The Hall–Kier alpha value is -2.30. The number of rotatable bonds is 2. The summed E-state index contributed by atoms with van der Waals surface area (Å²) in [6.07, 6.45) is 0.833. The summed E-state index contributed by atoms with van der Waals surface area (Å²) in [7, 11) is 0. The second kappa shape index (κ2) is 6.20. The Kier molecular flexibility index (Phi) is 5.25. The molecule has 0 heterocycles. The van der Waals surface area contributed by atoms with Crippen molar-refractivity contribution in [2.45, 2.75) is 0 Å². The lowest BCUT2D eigenvalue weighted by molar-refractivity contribution is -0.131. The summed E-state index contributed by atoms with van der Waals surface area (Å²) in [6.45, 7) is 2.96. The minimum atomic E-state index is -0.986. The Balaban J connectivity index is 0.000000336. The van der Waals surface area contributed by atoms with Crippen molar-refractivity contribution < 1.29 is 24.9 Å². The van der Waals surface area contributed by atoms with Crippen molar-refractivity contribution in [2.24, 2.45) is 0 Å². The molecule has 0 atom stereocenters. The van der Waals surface area contributed by atoms with Gasteiger partial charge in [-0.2, -0.15) is 0 Å². The molecule has 1 aromatic carbocycles. The first-order valence-corrected chi connectivity index (χ1v) is 3.85. The molecule has 0 unspecified atom stereocenters. The van der Waals surface area contributed by atoms with Crippen LogP contribution in [0.2, 0.25) is 0 Å². The monoisotopic (exact) mass is 210 g/mol. The van der Waals surface area contributed by atoms with E-state index in [0.717, 1.165) is 6.08 Å². The minimum absolute atomic E-state index is 0.0741. The van der Waals surface area contributed by atoms with Gasteiger partial charge in [0.25, 0.3) is 0 Å². The number of hydrogen-bond acceptors (Lipinski definition) is 3. The van der Waals surface area contributed by atoms with Crippen LogP contribution < -0.4 is 0 Å². The maximum absolute atomic E-state index is 10.2. The zero-order valence-corrected chi connectivity index (χ0v) is 7.75. The van der Waals surface area contributed by atoms with Crippen molar-refractivity contribution in [3.8, 4) is 5.75 Å². The molecule has 0 bridgehead atoms. The number of carbonyl (C=O) groups is 2. The first kappa shape index (κ1) is 12.7. The van der Waals surface area contributed by atoms with Crippen molar-refractivity contribution in [2.75, 3.05) is 0 Å². The van der Waals surface area contributed by atoms with Crippen molar-refractivity contribution >= 4 is 11.9 Å². The van der Waals surface area contributed by atoms with E-state index >= 15 is 0 Å². The first-order valence-electron chi connectivity index (χ1n) is 3.85. The third kappa shape index (κ3) is 5.87. The maximum Gasteiger partial charge on any atom is 0.335 e. The Morgan fingerprint density at radius 1 is 1.13 bits per heavy atom. The van der Waals surface area contributed by atoms with Gasteiger partial charge in [-0.05, 0) is 24.3 Å². The molecular formula is C10H10O5. The van der Waals surface area contributed by atoms with Crippen molar-refractivity contribution in [3.05, 3.63) is 42.5 Å². The summed E-state index contributed by atoms with van der Waals surface area (Å²) in [4.78, 5) is 19.5.